The van der Waals surface area contributed by atoms with Gasteiger partial charge in [0.05, 0.1) is 0 Å². The first-order valence-electron chi connectivity index (χ1n) is 8.43. The van der Waals surface area contributed by atoms with Crippen molar-refractivity contribution in [3.05, 3.63) is 84.9 Å². The number of hydrogen-bond donors (Lipinski definition) is 0. The smallest absolute Gasteiger partial charge is 0.225 e. The van der Waals surface area contributed by atoms with E-state index in [2.05, 4.69) is 57.3 Å². The molecule has 3 aromatic rings. The molecular weight excluding hydrogens is 310 g/mol. The summed E-state index contributed by atoms with van der Waals surface area (Å²) in [6.07, 6.45) is 6.49. The van der Waals surface area contributed by atoms with Gasteiger partial charge in [-0.25, -0.2) is 9.97 Å². The molecule has 0 bridgehead atoms. The third kappa shape index (κ3) is 3.69. The summed E-state index contributed by atoms with van der Waals surface area (Å²) >= 11 is 0. The fraction of sp³-hybridized carbons (Fsp3) is 0.143. The number of benzene rings is 2. The topological polar surface area (TPSA) is 38.2 Å². The van der Waals surface area contributed by atoms with Gasteiger partial charge in [0, 0.05) is 31.9 Å². The fourth-order valence-corrected chi connectivity index (χ4v) is 2.88. The van der Waals surface area contributed by atoms with E-state index in [9.17, 15) is 0 Å². The molecule has 1 aliphatic rings. The average Bonchev–Trinajstić information content (AvgIpc) is 2.71. The van der Waals surface area contributed by atoms with E-state index in [4.69, 9.17) is 4.74 Å². The first-order chi connectivity index (χ1) is 12.4. The highest BCUT2D eigenvalue weighted by Gasteiger charge is 2.15. The number of ether oxygens (including phenoxy) is 1. The molecule has 0 saturated heterocycles. The van der Waals surface area contributed by atoms with Crippen LogP contribution in [-0.2, 0) is 0 Å². The zero-order valence-corrected chi connectivity index (χ0v) is 13.9. The molecule has 124 valence electrons. The maximum Gasteiger partial charge on any atom is 0.225 e. The molecule has 0 amide bonds. The Hall–Kier alpha value is -3.14. The average molecular weight is 329 g/mol. The zero-order chi connectivity index (χ0) is 16.9. The lowest BCUT2D eigenvalue weighted by molar-refractivity contribution is 0.394. The maximum absolute atomic E-state index is 6.02. The van der Waals surface area contributed by atoms with Crippen molar-refractivity contribution in [1.29, 1.82) is 0 Å². The lowest BCUT2D eigenvalue weighted by Crippen LogP contribution is -2.30. The number of hydrogen-bond acceptors (Lipinski definition) is 4. The Kier molecular flexibility index (Phi) is 4.42. The van der Waals surface area contributed by atoms with Gasteiger partial charge in [0.25, 0.3) is 0 Å². The van der Waals surface area contributed by atoms with E-state index in [1.54, 1.807) is 12.4 Å². The minimum Gasteiger partial charge on any atom is -0.462 e. The molecule has 1 aromatic heterocycles. The first kappa shape index (κ1) is 15.4. The summed E-state index contributed by atoms with van der Waals surface area (Å²) in [6, 6.07) is 20.4. The van der Waals surface area contributed by atoms with Crippen LogP contribution in [0.1, 0.15) is 6.42 Å². The molecule has 2 aromatic carbocycles. The Labute approximate surface area is 147 Å². The molecule has 0 fully saturated rings. The highest BCUT2D eigenvalue weighted by Crippen LogP contribution is 2.24. The van der Waals surface area contributed by atoms with Gasteiger partial charge in [-0.2, -0.15) is 0 Å². The molecule has 2 heterocycles. The van der Waals surface area contributed by atoms with Crippen LogP contribution in [0, 0.1) is 0 Å². The van der Waals surface area contributed by atoms with Gasteiger partial charge < -0.3 is 9.64 Å². The number of anilines is 1. The second kappa shape index (κ2) is 7.18. The number of aromatic nitrogens is 2. The van der Waals surface area contributed by atoms with Gasteiger partial charge >= 0.3 is 0 Å². The van der Waals surface area contributed by atoms with Crippen molar-refractivity contribution < 1.29 is 4.74 Å². The van der Waals surface area contributed by atoms with Crippen LogP contribution < -0.4 is 9.64 Å². The molecular formula is C21H19N3O. The van der Waals surface area contributed by atoms with Crippen LogP contribution >= 0.6 is 0 Å². The van der Waals surface area contributed by atoms with Crippen molar-refractivity contribution in [1.82, 2.24) is 9.97 Å². The van der Waals surface area contributed by atoms with E-state index in [1.807, 2.05) is 24.3 Å². The molecule has 0 N–H and O–H groups in total. The normalized spacial score (nSPS) is 14.1. The van der Waals surface area contributed by atoms with Crippen LogP contribution in [0.2, 0.25) is 0 Å². The second-order valence-electron chi connectivity index (χ2n) is 5.91. The van der Waals surface area contributed by atoms with Crippen LogP contribution in [0.4, 0.5) is 5.95 Å². The third-order valence-corrected chi connectivity index (χ3v) is 4.21. The molecule has 0 unspecified atom stereocenters. The van der Waals surface area contributed by atoms with E-state index in [0.29, 0.717) is 0 Å². The van der Waals surface area contributed by atoms with Gasteiger partial charge in [-0.05, 0) is 35.4 Å². The Bertz CT molecular complexity index is 845. The van der Waals surface area contributed by atoms with Crippen LogP contribution in [0.15, 0.2) is 84.9 Å². The van der Waals surface area contributed by atoms with Gasteiger partial charge in [0.15, 0.2) is 0 Å². The molecule has 4 heteroatoms. The van der Waals surface area contributed by atoms with Crippen LogP contribution in [-0.4, -0.2) is 23.1 Å². The first-order valence-corrected chi connectivity index (χ1v) is 8.43. The monoisotopic (exact) mass is 329 g/mol. The fourth-order valence-electron chi connectivity index (χ4n) is 2.88. The van der Waals surface area contributed by atoms with Crippen molar-refractivity contribution in [3.63, 3.8) is 0 Å². The minimum atomic E-state index is 0.765. The summed E-state index contributed by atoms with van der Waals surface area (Å²) in [5.41, 5.74) is 2.41. The predicted octanol–water partition coefficient (Wildman–Crippen LogP) is 4.32. The van der Waals surface area contributed by atoms with E-state index >= 15 is 0 Å². The largest absolute Gasteiger partial charge is 0.462 e. The summed E-state index contributed by atoms with van der Waals surface area (Å²) in [5, 5.41) is 0. The molecule has 25 heavy (non-hydrogen) atoms. The van der Waals surface area contributed by atoms with Gasteiger partial charge in [-0.1, -0.05) is 42.5 Å². The Balaban J connectivity index is 1.40. The van der Waals surface area contributed by atoms with Crippen molar-refractivity contribution in [2.75, 3.05) is 18.0 Å². The standard InChI is InChI=1S/C21H19N3O/c1-2-5-17(6-3-1)18-7-9-19(10-8-18)25-20-11-15-24(16-12-20)21-22-13-4-14-23-21/h1-11,13-14H,12,15-16H2. The van der Waals surface area contributed by atoms with Crippen LogP contribution in [0.5, 0.6) is 5.75 Å². The molecule has 4 rings (SSSR count). The van der Waals surface area contributed by atoms with Crippen molar-refractivity contribution in [2.45, 2.75) is 6.42 Å². The highest BCUT2D eigenvalue weighted by atomic mass is 16.5. The van der Waals surface area contributed by atoms with Crippen LogP contribution in [0.3, 0.4) is 0 Å². The molecule has 0 saturated carbocycles. The maximum atomic E-state index is 6.02. The van der Waals surface area contributed by atoms with Gasteiger partial charge in [0.1, 0.15) is 11.5 Å². The highest BCUT2D eigenvalue weighted by molar-refractivity contribution is 5.63. The van der Waals surface area contributed by atoms with E-state index in [-0.39, 0.29) is 0 Å². The SMILES string of the molecule is C1=C(Oc2ccc(-c3ccccc3)cc2)CCN(c2ncccn2)C1. The van der Waals surface area contributed by atoms with Crippen molar-refractivity contribution in [2.24, 2.45) is 0 Å². The second-order valence-corrected chi connectivity index (χ2v) is 5.91. The Morgan fingerprint density at radius 1 is 0.800 bits per heavy atom. The quantitative estimate of drug-likeness (QED) is 0.714. The van der Waals surface area contributed by atoms with Crippen molar-refractivity contribution in [3.8, 4) is 16.9 Å². The summed E-state index contributed by atoms with van der Waals surface area (Å²) in [5.74, 6) is 2.64. The van der Waals surface area contributed by atoms with Gasteiger partial charge in [-0.15, -0.1) is 0 Å². The summed E-state index contributed by atoms with van der Waals surface area (Å²) in [4.78, 5) is 10.7. The van der Waals surface area contributed by atoms with E-state index in [0.717, 1.165) is 37.0 Å². The molecule has 0 aliphatic carbocycles. The Morgan fingerprint density at radius 3 is 2.20 bits per heavy atom. The van der Waals surface area contributed by atoms with Gasteiger partial charge in [-0.3, -0.25) is 0 Å². The van der Waals surface area contributed by atoms with E-state index in [1.165, 1.54) is 11.1 Å². The molecule has 0 spiro atoms. The van der Waals surface area contributed by atoms with Crippen molar-refractivity contribution >= 4 is 5.95 Å². The molecule has 1 aliphatic heterocycles. The third-order valence-electron chi connectivity index (χ3n) is 4.21. The summed E-state index contributed by atoms with van der Waals surface area (Å²) < 4.78 is 6.02. The lowest BCUT2D eigenvalue weighted by Gasteiger charge is -2.26. The Morgan fingerprint density at radius 2 is 1.52 bits per heavy atom. The predicted molar refractivity (Wildman–Crippen MR) is 99.5 cm³/mol. The molecule has 0 atom stereocenters. The lowest BCUT2D eigenvalue weighted by atomic mass is 10.1. The number of rotatable bonds is 4. The van der Waals surface area contributed by atoms with Gasteiger partial charge in [0.2, 0.25) is 5.95 Å². The molecule has 0 radical (unpaired) electrons. The van der Waals surface area contributed by atoms with E-state index < -0.39 is 0 Å². The zero-order valence-electron chi connectivity index (χ0n) is 13.9. The summed E-state index contributed by atoms with van der Waals surface area (Å²) in [6.45, 7) is 1.62. The minimum absolute atomic E-state index is 0.765. The summed E-state index contributed by atoms with van der Waals surface area (Å²) in [7, 11) is 0. The molecule has 4 nitrogen and oxygen atoms in total. The van der Waals surface area contributed by atoms with Crippen LogP contribution in [0.25, 0.3) is 11.1 Å². The number of nitrogens with zero attached hydrogens (tertiary/aromatic N) is 3.